The molecule has 2 N–H and O–H groups in total. The van der Waals surface area contributed by atoms with E-state index in [4.69, 9.17) is 4.74 Å². The Labute approximate surface area is 129 Å². The second kappa shape index (κ2) is 8.09. The molecule has 0 aliphatic heterocycles. The van der Waals surface area contributed by atoms with Gasteiger partial charge in [0.2, 0.25) is 0 Å². The summed E-state index contributed by atoms with van der Waals surface area (Å²) < 4.78 is 4.87. The van der Waals surface area contributed by atoms with Crippen molar-refractivity contribution in [1.29, 1.82) is 0 Å². The molecule has 0 spiro atoms. The normalized spacial score (nSPS) is 11.7. The number of aromatic nitrogens is 2. The summed E-state index contributed by atoms with van der Waals surface area (Å²) in [6.07, 6.45) is 0. The fourth-order valence-electron chi connectivity index (χ4n) is 1.93. The van der Waals surface area contributed by atoms with Gasteiger partial charge >= 0.3 is 0 Å². The van der Waals surface area contributed by atoms with Crippen LogP contribution in [0.1, 0.15) is 29.0 Å². The molecule has 6 nitrogen and oxygen atoms in total. The molecule has 0 aliphatic carbocycles. The zero-order valence-electron chi connectivity index (χ0n) is 12.7. The van der Waals surface area contributed by atoms with E-state index in [0.29, 0.717) is 19.0 Å². The molecule has 0 saturated carbocycles. The third-order valence-electron chi connectivity index (χ3n) is 3.15. The molecule has 1 unspecified atom stereocenters. The first kappa shape index (κ1) is 15.9. The number of anilines is 1. The van der Waals surface area contributed by atoms with Crippen molar-refractivity contribution in [2.45, 2.75) is 13.0 Å². The van der Waals surface area contributed by atoms with Crippen LogP contribution in [0.2, 0.25) is 0 Å². The first-order chi connectivity index (χ1) is 10.7. The van der Waals surface area contributed by atoms with Gasteiger partial charge in [0.25, 0.3) is 5.91 Å². The van der Waals surface area contributed by atoms with Crippen LogP contribution >= 0.6 is 0 Å². The number of carbonyl (C=O) groups excluding carboxylic acids is 1. The number of nitrogens with one attached hydrogen (secondary N) is 2. The molecule has 0 radical (unpaired) electrons. The Bertz CT molecular complexity index is 587. The number of nitrogens with zero attached hydrogens (tertiary/aromatic N) is 2. The van der Waals surface area contributed by atoms with Gasteiger partial charge in [-0.25, -0.2) is 0 Å². The van der Waals surface area contributed by atoms with Crippen molar-refractivity contribution < 1.29 is 9.53 Å². The SMILES string of the molecule is COCCNC(=O)c1ccc(NC(C)c2ccccc2)nn1. The van der Waals surface area contributed by atoms with Gasteiger partial charge in [0.05, 0.1) is 6.61 Å². The van der Waals surface area contributed by atoms with Crippen LogP contribution in [0.5, 0.6) is 0 Å². The summed E-state index contributed by atoms with van der Waals surface area (Å²) in [5.74, 6) is 0.372. The van der Waals surface area contributed by atoms with Crippen LogP contribution in [0, 0.1) is 0 Å². The van der Waals surface area contributed by atoms with E-state index in [-0.39, 0.29) is 17.6 Å². The summed E-state index contributed by atoms with van der Waals surface area (Å²) in [6.45, 7) is 2.96. The second-order valence-electron chi connectivity index (χ2n) is 4.83. The lowest BCUT2D eigenvalue weighted by Gasteiger charge is -2.14. The van der Waals surface area contributed by atoms with E-state index >= 15 is 0 Å². The first-order valence-corrected chi connectivity index (χ1v) is 7.13. The van der Waals surface area contributed by atoms with E-state index in [2.05, 4.69) is 20.8 Å². The van der Waals surface area contributed by atoms with Crippen LogP contribution in [-0.2, 0) is 4.74 Å². The van der Waals surface area contributed by atoms with E-state index in [1.807, 2.05) is 37.3 Å². The number of benzene rings is 1. The monoisotopic (exact) mass is 300 g/mol. The highest BCUT2D eigenvalue weighted by molar-refractivity contribution is 5.92. The van der Waals surface area contributed by atoms with Crippen LogP contribution < -0.4 is 10.6 Å². The van der Waals surface area contributed by atoms with Crippen LogP contribution in [0.15, 0.2) is 42.5 Å². The Morgan fingerprint density at radius 1 is 1.18 bits per heavy atom. The van der Waals surface area contributed by atoms with Gasteiger partial charge in [-0.15, -0.1) is 10.2 Å². The molecule has 2 rings (SSSR count). The van der Waals surface area contributed by atoms with Crippen LogP contribution in [0.25, 0.3) is 0 Å². The van der Waals surface area contributed by atoms with E-state index in [1.165, 1.54) is 0 Å². The van der Waals surface area contributed by atoms with E-state index < -0.39 is 0 Å². The Morgan fingerprint density at radius 3 is 2.59 bits per heavy atom. The molecule has 0 fully saturated rings. The van der Waals surface area contributed by atoms with Gasteiger partial charge in [-0.05, 0) is 24.6 Å². The Hall–Kier alpha value is -2.47. The average molecular weight is 300 g/mol. The van der Waals surface area contributed by atoms with Crippen molar-refractivity contribution in [3.63, 3.8) is 0 Å². The summed E-state index contributed by atoms with van der Waals surface area (Å²) in [5, 5.41) is 13.9. The van der Waals surface area contributed by atoms with Gasteiger partial charge in [0, 0.05) is 19.7 Å². The number of hydrogen-bond donors (Lipinski definition) is 2. The fourth-order valence-corrected chi connectivity index (χ4v) is 1.93. The smallest absolute Gasteiger partial charge is 0.271 e. The Kier molecular flexibility index (Phi) is 5.85. The van der Waals surface area contributed by atoms with Gasteiger partial charge in [0.1, 0.15) is 5.82 Å². The molecule has 2 aromatic rings. The molecule has 1 atom stereocenters. The second-order valence-corrected chi connectivity index (χ2v) is 4.83. The highest BCUT2D eigenvalue weighted by atomic mass is 16.5. The van der Waals surface area contributed by atoms with Crippen molar-refractivity contribution in [3.05, 3.63) is 53.7 Å². The molecule has 1 aromatic heterocycles. The molecule has 22 heavy (non-hydrogen) atoms. The molecular formula is C16H20N4O2. The van der Waals surface area contributed by atoms with Crippen molar-refractivity contribution in [1.82, 2.24) is 15.5 Å². The summed E-state index contributed by atoms with van der Waals surface area (Å²) >= 11 is 0. The molecule has 1 amide bonds. The summed E-state index contributed by atoms with van der Waals surface area (Å²) in [4.78, 5) is 11.8. The van der Waals surface area contributed by atoms with Crippen LogP contribution in [0.3, 0.4) is 0 Å². The predicted molar refractivity (Wildman–Crippen MR) is 84.7 cm³/mol. The number of rotatable bonds is 7. The van der Waals surface area contributed by atoms with Crippen molar-refractivity contribution in [2.75, 3.05) is 25.6 Å². The standard InChI is InChI=1S/C16H20N4O2/c1-12(13-6-4-3-5-7-13)18-15-9-8-14(19-20-15)16(21)17-10-11-22-2/h3-9,12H,10-11H2,1-2H3,(H,17,21)(H,18,20). The van der Waals surface area contributed by atoms with Gasteiger partial charge in [-0.3, -0.25) is 4.79 Å². The number of amides is 1. The maximum Gasteiger partial charge on any atom is 0.271 e. The molecule has 6 heteroatoms. The molecular weight excluding hydrogens is 280 g/mol. The number of carbonyl (C=O) groups is 1. The van der Waals surface area contributed by atoms with Gasteiger partial charge in [-0.1, -0.05) is 30.3 Å². The lowest BCUT2D eigenvalue weighted by atomic mass is 10.1. The molecule has 116 valence electrons. The highest BCUT2D eigenvalue weighted by Crippen LogP contribution is 2.16. The molecule has 1 heterocycles. The largest absolute Gasteiger partial charge is 0.383 e. The van der Waals surface area contributed by atoms with Gasteiger partial charge in [0.15, 0.2) is 5.69 Å². The van der Waals surface area contributed by atoms with Crippen LogP contribution in [0.4, 0.5) is 5.82 Å². The lowest BCUT2D eigenvalue weighted by Crippen LogP contribution is -2.28. The summed E-state index contributed by atoms with van der Waals surface area (Å²) in [5.41, 5.74) is 1.44. The third-order valence-corrected chi connectivity index (χ3v) is 3.15. The quantitative estimate of drug-likeness (QED) is 0.765. The van der Waals surface area contributed by atoms with E-state index in [9.17, 15) is 4.79 Å². The predicted octanol–water partition coefficient (Wildman–Crippen LogP) is 2.03. The van der Waals surface area contributed by atoms with Crippen molar-refractivity contribution in [2.24, 2.45) is 0 Å². The Balaban J connectivity index is 1.93. The van der Waals surface area contributed by atoms with Gasteiger partial charge in [-0.2, -0.15) is 0 Å². The van der Waals surface area contributed by atoms with Crippen molar-refractivity contribution in [3.8, 4) is 0 Å². The maximum absolute atomic E-state index is 11.8. The fraction of sp³-hybridized carbons (Fsp3) is 0.312. The lowest BCUT2D eigenvalue weighted by molar-refractivity contribution is 0.0931. The third kappa shape index (κ3) is 4.53. The van der Waals surface area contributed by atoms with Gasteiger partial charge < -0.3 is 15.4 Å². The minimum absolute atomic E-state index is 0.108. The molecule has 0 bridgehead atoms. The first-order valence-electron chi connectivity index (χ1n) is 7.13. The minimum Gasteiger partial charge on any atom is -0.383 e. The van der Waals surface area contributed by atoms with E-state index in [1.54, 1.807) is 19.2 Å². The number of ether oxygens (including phenoxy) is 1. The number of hydrogen-bond acceptors (Lipinski definition) is 5. The topological polar surface area (TPSA) is 76.1 Å². The Morgan fingerprint density at radius 2 is 1.95 bits per heavy atom. The molecule has 1 aromatic carbocycles. The van der Waals surface area contributed by atoms with Crippen molar-refractivity contribution >= 4 is 11.7 Å². The average Bonchev–Trinajstić information content (AvgIpc) is 2.56. The summed E-state index contributed by atoms with van der Waals surface area (Å²) in [7, 11) is 1.58. The molecule has 0 saturated heterocycles. The minimum atomic E-state index is -0.257. The number of methoxy groups -OCH3 is 1. The van der Waals surface area contributed by atoms with E-state index in [0.717, 1.165) is 5.56 Å². The molecule has 0 aliphatic rings. The highest BCUT2D eigenvalue weighted by Gasteiger charge is 2.09. The van der Waals surface area contributed by atoms with Crippen LogP contribution in [-0.4, -0.2) is 36.4 Å². The zero-order valence-corrected chi connectivity index (χ0v) is 12.7. The maximum atomic E-state index is 11.8. The zero-order chi connectivity index (χ0) is 15.8. The summed E-state index contributed by atoms with van der Waals surface area (Å²) in [6, 6.07) is 13.6.